The fourth-order valence-electron chi connectivity index (χ4n) is 2.10. The molecule has 26 heavy (non-hydrogen) atoms. The predicted octanol–water partition coefficient (Wildman–Crippen LogP) is 4.93. The fourth-order valence-corrected chi connectivity index (χ4v) is 2.32. The van der Waals surface area contributed by atoms with Crippen LogP contribution < -0.4 is 5.32 Å². The smallest absolute Gasteiger partial charge is 0.417 e. The van der Waals surface area contributed by atoms with Crippen molar-refractivity contribution in [2.45, 2.75) is 13.1 Å². The van der Waals surface area contributed by atoms with Gasteiger partial charge in [-0.15, -0.1) is 0 Å². The van der Waals surface area contributed by atoms with E-state index in [2.05, 4.69) is 5.32 Å². The standard InChI is InChI=1S/C17H12ClF4NO3/c1-2-26-16(25)9-3-6-14(13(18)7-9)23-15(24)11-5-4-10(19)8-12(11)17(20,21)22/h3-8H,2H2,1H3,(H,23,24). The van der Waals surface area contributed by atoms with E-state index >= 15 is 0 Å². The third-order valence-electron chi connectivity index (χ3n) is 3.26. The number of amides is 1. The first kappa shape index (κ1) is 19.7. The van der Waals surface area contributed by atoms with Gasteiger partial charge in [-0.1, -0.05) is 11.6 Å². The van der Waals surface area contributed by atoms with Crippen molar-refractivity contribution in [1.82, 2.24) is 0 Å². The lowest BCUT2D eigenvalue weighted by atomic mass is 10.1. The Morgan fingerprint density at radius 2 is 1.85 bits per heavy atom. The van der Waals surface area contributed by atoms with Crippen LogP contribution >= 0.6 is 11.6 Å². The molecule has 0 aliphatic carbocycles. The third-order valence-corrected chi connectivity index (χ3v) is 3.57. The summed E-state index contributed by atoms with van der Waals surface area (Å²) in [6.45, 7) is 1.77. The Morgan fingerprint density at radius 1 is 1.15 bits per heavy atom. The van der Waals surface area contributed by atoms with Crippen molar-refractivity contribution in [3.05, 3.63) is 63.9 Å². The SMILES string of the molecule is CCOC(=O)c1ccc(NC(=O)c2ccc(F)cc2C(F)(F)F)c(Cl)c1. The van der Waals surface area contributed by atoms with Crippen molar-refractivity contribution in [1.29, 1.82) is 0 Å². The van der Waals surface area contributed by atoms with Gasteiger partial charge in [0.2, 0.25) is 0 Å². The first-order valence-electron chi connectivity index (χ1n) is 7.28. The van der Waals surface area contributed by atoms with E-state index in [4.69, 9.17) is 16.3 Å². The third kappa shape index (κ3) is 4.51. The van der Waals surface area contributed by atoms with Crippen LogP contribution in [0.1, 0.15) is 33.2 Å². The van der Waals surface area contributed by atoms with Crippen molar-refractivity contribution >= 4 is 29.2 Å². The molecule has 0 saturated heterocycles. The molecule has 2 rings (SSSR count). The summed E-state index contributed by atoms with van der Waals surface area (Å²) in [7, 11) is 0. The molecule has 0 aromatic heterocycles. The van der Waals surface area contributed by atoms with E-state index in [9.17, 15) is 27.2 Å². The summed E-state index contributed by atoms with van der Waals surface area (Å²) >= 11 is 5.96. The summed E-state index contributed by atoms with van der Waals surface area (Å²) in [6, 6.07) is 5.48. The van der Waals surface area contributed by atoms with Gasteiger partial charge in [-0.2, -0.15) is 13.2 Å². The van der Waals surface area contributed by atoms with Gasteiger partial charge in [-0.25, -0.2) is 9.18 Å². The summed E-state index contributed by atoms with van der Waals surface area (Å²) in [5.74, 6) is -2.88. The molecule has 0 fully saturated rings. The van der Waals surface area contributed by atoms with Crippen LogP contribution in [0.25, 0.3) is 0 Å². The molecule has 1 amide bonds. The van der Waals surface area contributed by atoms with Crippen LogP contribution in [-0.4, -0.2) is 18.5 Å². The van der Waals surface area contributed by atoms with Crippen LogP contribution in [-0.2, 0) is 10.9 Å². The number of ether oxygens (including phenoxy) is 1. The van der Waals surface area contributed by atoms with E-state index < -0.39 is 35.0 Å². The number of carbonyl (C=O) groups is 2. The second-order valence-electron chi connectivity index (χ2n) is 5.06. The molecule has 0 heterocycles. The number of hydrogen-bond donors (Lipinski definition) is 1. The van der Waals surface area contributed by atoms with Crippen molar-refractivity contribution in [2.75, 3.05) is 11.9 Å². The zero-order chi connectivity index (χ0) is 19.5. The maximum atomic E-state index is 13.1. The highest BCUT2D eigenvalue weighted by atomic mass is 35.5. The molecular weight excluding hydrogens is 378 g/mol. The number of halogens is 5. The van der Waals surface area contributed by atoms with Gasteiger partial charge in [0.1, 0.15) is 5.82 Å². The van der Waals surface area contributed by atoms with Gasteiger partial charge >= 0.3 is 12.1 Å². The predicted molar refractivity (Wildman–Crippen MR) is 86.8 cm³/mol. The Balaban J connectivity index is 2.30. The quantitative estimate of drug-likeness (QED) is 0.596. The minimum absolute atomic E-state index is 0.0119. The highest BCUT2D eigenvalue weighted by Gasteiger charge is 2.35. The van der Waals surface area contributed by atoms with Crippen LogP contribution in [0.4, 0.5) is 23.2 Å². The summed E-state index contributed by atoms with van der Waals surface area (Å²) in [6.07, 6.45) is -4.91. The normalized spacial score (nSPS) is 11.2. The topological polar surface area (TPSA) is 55.4 Å². The molecule has 0 bridgehead atoms. The number of esters is 1. The van der Waals surface area contributed by atoms with Crippen LogP contribution in [0.2, 0.25) is 5.02 Å². The van der Waals surface area contributed by atoms with Gasteiger partial charge in [-0.05, 0) is 43.3 Å². The maximum Gasteiger partial charge on any atom is 0.417 e. The molecule has 2 aromatic carbocycles. The van der Waals surface area contributed by atoms with Gasteiger partial charge in [-0.3, -0.25) is 4.79 Å². The Labute approximate surface area is 150 Å². The van der Waals surface area contributed by atoms with Crippen LogP contribution in [0, 0.1) is 5.82 Å². The Hall–Kier alpha value is -2.61. The lowest BCUT2D eigenvalue weighted by Gasteiger charge is -2.14. The number of hydrogen-bond acceptors (Lipinski definition) is 3. The van der Waals surface area contributed by atoms with Crippen molar-refractivity contribution < 1.29 is 31.9 Å². The van der Waals surface area contributed by atoms with Crippen LogP contribution in [0.5, 0.6) is 0 Å². The summed E-state index contributed by atoms with van der Waals surface area (Å²) in [5, 5.41) is 2.14. The molecule has 0 unspecified atom stereocenters. The number of nitrogens with one attached hydrogen (secondary N) is 1. The van der Waals surface area contributed by atoms with Gasteiger partial charge in [0.05, 0.1) is 34.0 Å². The van der Waals surface area contributed by atoms with Crippen LogP contribution in [0.15, 0.2) is 36.4 Å². The van der Waals surface area contributed by atoms with Crippen molar-refractivity contribution in [3.63, 3.8) is 0 Å². The Bertz CT molecular complexity index is 852. The number of carbonyl (C=O) groups excluding carboxylic acids is 2. The van der Waals surface area contributed by atoms with Crippen molar-refractivity contribution in [2.24, 2.45) is 0 Å². The monoisotopic (exact) mass is 389 g/mol. The molecule has 0 spiro atoms. The zero-order valence-corrected chi connectivity index (χ0v) is 14.0. The Kier molecular flexibility index (Phi) is 5.86. The van der Waals surface area contributed by atoms with Gasteiger partial charge in [0.25, 0.3) is 5.91 Å². The first-order valence-corrected chi connectivity index (χ1v) is 7.66. The molecular formula is C17H12ClF4NO3. The highest BCUT2D eigenvalue weighted by Crippen LogP contribution is 2.33. The number of alkyl halides is 3. The maximum absolute atomic E-state index is 13.1. The van der Waals surface area contributed by atoms with E-state index in [1.807, 2.05) is 0 Å². The summed E-state index contributed by atoms with van der Waals surface area (Å²) in [4.78, 5) is 23.8. The molecule has 0 atom stereocenters. The minimum atomic E-state index is -4.91. The molecule has 2 aromatic rings. The zero-order valence-electron chi connectivity index (χ0n) is 13.3. The molecule has 0 saturated carbocycles. The second kappa shape index (κ2) is 7.74. The first-order chi connectivity index (χ1) is 12.1. The number of benzene rings is 2. The minimum Gasteiger partial charge on any atom is -0.462 e. The van der Waals surface area contributed by atoms with E-state index in [-0.39, 0.29) is 28.9 Å². The molecule has 0 radical (unpaired) electrons. The van der Waals surface area contributed by atoms with E-state index in [0.29, 0.717) is 0 Å². The van der Waals surface area contributed by atoms with Gasteiger partial charge < -0.3 is 10.1 Å². The summed E-state index contributed by atoms with van der Waals surface area (Å²) in [5.41, 5.74) is -2.06. The molecule has 138 valence electrons. The van der Waals surface area contributed by atoms with E-state index in [0.717, 1.165) is 12.1 Å². The molecule has 0 aliphatic heterocycles. The fraction of sp³-hybridized carbons (Fsp3) is 0.176. The lowest BCUT2D eigenvalue weighted by Crippen LogP contribution is -2.19. The van der Waals surface area contributed by atoms with E-state index in [1.54, 1.807) is 6.92 Å². The average Bonchev–Trinajstić information content (AvgIpc) is 2.55. The molecule has 9 heteroatoms. The molecule has 0 aliphatic rings. The lowest BCUT2D eigenvalue weighted by molar-refractivity contribution is -0.138. The number of rotatable bonds is 4. The largest absolute Gasteiger partial charge is 0.462 e. The molecule has 1 N–H and O–H groups in total. The van der Waals surface area contributed by atoms with Gasteiger partial charge in [0, 0.05) is 0 Å². The van der Waals surface area contributed by atoms with Crippen LogP contribution in [0.3, 0.4) is 0 Å². The average molecular weight is 390 g/mol. The van der Waals surface area contributed by atoms with E-state index in [1.165, 1.54) is 18.2 Å². The highest BCUT2D eigenvalue weighted by molar-refractivity contribution is 6.34. The van der Waals surface area contributed by atoms with Crippen molar-refractivity contribution in [3.8, 4) is 0 Å². The summed E-state index contributed by atoms with van der Waals surface area (Å²) < 4.78 is 56.9. The number of anilines is 1. The second-order valence-corrected chi connectivity index (χ2v) is 5.46. The Morgan fingerprint density at radius 3 is 2.42 bits per heavy atom. The molecule has 4 nitrogen and oxygen atoms in total. The van der Waals surface area contributed by atoms with Gasteiger partial charge in [0.15, 0.2) is 0 Å².